The highest BCUT2D eigenvalue weighted by Gasteiger charge is 2.35. The van der Waals surface area contributed by atoms with E-state index in [0.29, 0.717) is 56.6 Å². The molecule has 9 nitrogen and oxygen atoms in total. The first-order valence-electron chi connectivity index (χ1n) is 16.5. The molecule has 0 radical (unpaired) electrons. The predicted octanol–water partition coefficient (Wildman–Crippen LogP) is 5.01. The van der Waals surface area contributed by atoms with Crippen molar-refractivity contribution in [1.82, 2.24) is 14.9 Å². The number of nitrogens with two attached hydrogens (primary N) is 1. The van der Waals surface area contributed by atoms with Gasteiger partial charge in [0.05, 0.1) is 18.9 Å². The molecule has 2 aliphatic rings. The van der Waals surface area contributed by atoms with Gasteiger partial charge >= 0.3 is 5.97 Å². The van der Waals surface area contributed by atoms with Crippen LogP contribution in [0.5, 0.6) is 0 Å². The molecule has 0 saturated heterocycles. The number of aryl methyl sites for hydroxylation is 1. The Morgan fingerprint density at radius 3 is 2.19 bits per heavy atom. The van der Waals surface area contributed by atoms with Gasteiger partial charge in [-0.05, 0) is 77.3 Å². The van der Waals surface area contributed by atoms with E-state index in [0.717, 1.165) is 33.4 Å². The van der Waals surface area contributed by atoms with Crippen molar-refractivity contribution in [2.75, 3.05) is 13.1 Å². The number of hydrazine groups is 1. The highest BCUT2D eigenvalue weighted by molar-refractivity contribution is 6.00. The third kappa shape index (κ3) is 7.31. The number of rotatable bonds is 9. The molecular weight excluding hydrogens is 604 g/mol. The number of fused-ring (bicyclic) bond motifs is 2. The fraction of sp³-hybridized carbons (Fsp3) is 0.282. The van der Waals surface area contributed by atoms with Gasteiger partial charge in [-0.25, -0.2) is 10.0 Å². The molecule has 0 fully saturated rings. The average molecular weight is 645 g/mol. The summed E-state index contributed by atoms with van der Waals surface area (Å²) in [5.74, 6) is -2.56. The Kier molecular flexibility index (Phi) is 9.96. The lowest BCUT2D eigenvalue weighted by Crippen LogP contribution is -2.51. The molecule has 0 saturated carbocycles. The van der Waals surface area contributed by atoms with E-state index >= 15 is 0 Å². The summed E-state index contributed by atoms with van der Waals surface area (Å²) in [6.45, 7) is 1.72. The van der Waals surface area contributed by atoms with Crippen LogP contribution in [0.1, 0.15) is 66.9 Å². The lowest BCUT2D eigenvalue weighted by atomic mass is 9.89. The van der Waals surface area contributed by atoms with Crippen LogP contribution in [0.4, 0.5) is 0 Å². The normalized spacial score (nSPS) is 16.4. The van der Waals surface area contributed by atoms with Crippen LogP contribution < -0.4 is 5.73 Å². The van der Waals surface area contributed by atoms with Crippen LogP contribution >= 0.6 is 0 Å². The number of hydrogen-bond acceptors (Lipinski definition) is 5. The number of carbonyl (C=O) groups excluding carboxylic acids is 3. The summed E-state index contributed by atoms with van der Waals surface area (Å²) in [5.41, 5.74) is 12.3. The molecule has 0 aromatic heterocycles. The Bertz CT molecular complexity index is 1790. The number of nitrogens with zero attached hydrogens (tertiary/aromatic N) is 3. The highest BCUT2D eigenvalue weighted by atomic mass is 16.4. The minimum atomic E-state index is -1.04. The average Bonchev–Trinajstić information content (AvgIpc) is 3.23. The molecule has 1 atom stereocenters. The van der Waals surface area contributed by atoms with Crippen molar-refractivity contribution in [2.45, 2.75) is 51.7 Å². The number of carboxylic acid groups (broad SMARTS) is 1. The van der Waals surface area contributed by atoms with Gasteiger partial charge in [0.15, 0.2) is 0 Å². The van der Waals surface area contributed by atoms with Crippen LogP contribution in [0.3, 0.4) is 0 Å². The first-order valence-corrected chi connectivity index (χ1v) is 16.5. The number of amides is 3. The number of aliphatic carboxylic acids is 1. The highest BCUT2D eigenvalue weighted by Crippen LogP contribution is 2.31. The Morgan fingerprint density at radius 1 is 0.812 bits per heavy atom. The summed E-state index contributed by atoms with van der Waals surface area (Å²) in [4.78, 5) is 55.9. The van der Waals surface area contributed by atoms with Crippen LogP contribution in [-0.2, 0) is 48.5 Å². The molecule has 1 unspecified atom stereocenters. The fourth-order valence-electron chi connectivity index (χ4n) is 6.69. The first-order chi connectivity index (χ1) is 23.3. The van der Waals surface area contributed by atoms with Crippen LogP contribution in [0.15, 0.2) is 97.1 Å². The van der Waals surface area contributed by atoms with Crippen molar-refractivity contribution in [1.29, 1.82) is 0 Å². The zero-order chi connectivity index (χ0) is 33.6. The summed E-state index contributed by atoms with van der Waals surface area (Å²) in [7, 11) is 0. The van der Waals surface area contributed by atoms with E-state index in [1.54, 1.807) is 34.2 Å². The molecule has 2 aliphatic heterocycles. The smallest absolute Gasteiger partial charge is 0.304 e. The quantitative estimate of drug-likeness (QED) is 0.264. The van der Waals surface area contributed by atoms with E-state index < -0.39 is 11.9 Å². The minimum Gasteiger partial charge on any atom is -0.481 e. The predicted molar refractivity (Wildman–Crippen MR) is 181 cm³/mol. The number of carboxylic acids is 1. The maximum absolute atomic E-state index is 14.6. The molecule has 3 amide bonds. The summed E-state index contributed by atoms with van der Waals surface area (Å²) >= 11 is 0. The largest absolute Gasteiger partial charge is 0.481 e. The van der Waals surface area contributed by atoms with Gasteiger partial charge < -0.3 is 15.7 Å². The Labute approximate surface area is 280 Å². The monoisotopic (exact) mass is 644 g/mol. The van der Waals surface area contributed by atoms with Gasteiger partial charge in [0.1, 0.15) is 0 Å². The third-order valence-electron chi connectivity index (χ3n) is 9.27. The van der Waals surface area contributed by atoms with Crippen molar-refractivity contribution in [3.8, 4) is 0 Å². The van der Waals surface area contributed by atoms with Crippen LogP contribution in [0.2, 0.25) is 0 Å². The van der Waals surface area contributed by atoms with Gasteiger partial charge in [0.2, 0.25) is 5.91 Å². The Morgan fingerprint density at radius 2 is 1.50 bits per heavy atom. The van der Waals surface area contributed by atoms with Gasteiger partial charge in [-0.2, -0.15) is 0 Å². The topological polar surface area (TPSA) is 124 Å². The Hall–Kier alpha value is -5.28. The lowest BCUT2D eigenvalue weighted by molar-refractivity contribution is -0.144. The van der Waals surface area contributed by atoms with Gasteiger partial charge in [0.25, 0.3) is 11.8 Å². The molecule has 0 spiro atoms. The minimum absolute atomic E-state index is 0.173. The number of hydrogen-bond donors (Lipinski definition) is 2. The Balaban J connectivity index is 1.37. The third-order valence-corrected chi connectivity index (χ3v) is 9.27. The van der Waals surface area contributed by atoms with Gasteiger partial charge in [-0.1, -0.05) is 78.9 Å². The van der Waals surface area contributed by atoms with E-state index in [1.807, 2.05) is 72.8 Å². The molecule has 0 bridgehead atoms. The van der Waals surface area contributed by atoms with E-state index in [9.17, 15) is 24.3 Å². The van der Waals surface area contributed by atoms with E-state index in [1.165, 1.54) is 5.01 Å². The zero-order valence-corrected chi connectivity index (χ0v) is 26.9. The molecular formula is C39H40N4O5. The lowest BCUT2D eigenvalue weighted by Gasteiger charge is -2.37. The van der Waals surface area contributed by atoms with Crippen molar-refractivity contribution in [3.63, 3.8) is 0 Å². The molecule has 6 rings (SSSR count). The van der Waals surface area contributed by atoms with Gasteiger partial charge in [-0.3, -0.25) is 19.2 Å². The number of carbonyl (C=O) groups is 4. The van der Waals surface area contributed by atoms with Gasteiger partial charge in [-0.15, -0.1) is 0 Å². The van der Waals surface area contributed by atoms with Crippen LogP contribution in [-0.4, -0.2) is 56.8 Å². The van der Waals surface area contributed by atoms with Crippen molar-refractivity contribution in [2.24, 2.45) is 11.7 Å². The second kappa shape index (κ2) is 14.6. The summed E-state index contributed by atoms with van der Waals surface area (Å²) in [6.07, 6.45) is 1.77. The molecule has 2 heterocycles. The molecule has 48 heavy (non-hydrogen) atoms. The SMILES string of the molecule is NCc1ccc(CN2C(=O)c3cc4c(cc3CCCN2C(=O)c2ccccc2)CN(CCc2ccccc2)C(=O)C(CC(=O)O)C4)cc1. The molecule has 4 aromatic rings. The van der Waals surface area contributed by atoms with Crippen molar-refractivity contribution >= 4 is 23.7 Å². The van der Waals surface area contributed by atoms with Gasteiger partial charge in [0, 0.05) is 37.3 Å². The standard InChI is InChI=1S/C39H40N4O5/c40-24-28-13-15-29(16-14-28)25-43-39(48)35-22-32-21-33(23-36(44)45)37(46)41(19-17-27-8-3-1-4-9-27)26-34(32)20-31(35)12-7-18-42(43)38(47)30-10-5-2-6-11-30/h1-6,8-11,13-16,20,22,33H,7,12,17-19,21,23-26,40H2,(H,44,45). The molecule has 4 aromatic carbocycles. The zero-order valence-electron chi connectivity index (χ0n) is 26.9. The molecule has 3 N–H and O–H groups in total. The molecule has 0 aliphatic carbocycles. The maximum Gasteiger partial charge on any atom is 0.304 e. The van der Waals surface area contributed by atoms with E-state index in [-0.39, 0.29) is 37.1 Å². The second-order valence-corrected chi connectivity index (χ2v) is 12.6. The second-order valence-electron chi connectivity index (χ2n) is 12.6. The molecule has 246 valence electrons. The summed E-state index contributed by atoms with van der Waals surface area (Å²) < 4.78 is 0. The van der Waals surface area contributed by atoms with Crippen LogP contribution in [0, 0.1) is 5.92 Å². The summed E-state index contributed by atoms with van der Waals surface area (Å²) in [5, 5.41) is 12.8. The van der Waals surface area contributed by atoms with E-state index in [4.69, 9.17) is 5.73 Å². The maximum atomic E-state index is 14.6. The van der Waals surface area contributed by atoms with Crippen molar-refractivity contribution in [3.05, 3.63) is 142 Å². The fourth-order valence-corrected chi connectivity index (χ4v) is 6.69. The molecule has 9 heteroatoms. The first kappa shape index (κ1) is 32.7. The van der Waals surface area contributed by atoms with Crippen LogP contribution in [0.25, 0.3) is 0 Å². The number of benzene rings is 4. The summed E-state index contributed by atoms with van der Waals surface area (Å²) in [6, 6.07) is 30.4. The van der Waals surface area contributed by atoms with Crippen molar-refractivity contribution < 1.29 is 24.3 Å². The van der Waals surface area contributed by atoms with E-state index in [2.05, 4.69) is 0 Å².